The number of amides is 3. The summed E-state index contributed by atoms with van der Waals surface area (Å²) in [7, 11) is 0. The molecule has 4 rings (SSSR count). The van der Waals surface area contributed by atoms with Crippen LogP contribution in [0.25, 0.3) is 0 Å². The van der Waals surface area contributed by atoms with Crippen LogP contribution >= 0.6 is 0 Å². The summed E-state index contributed by atoms with van der Waals surface area (Å²) < 4.78 is 5.51. The van der Waals surface area contributed by atoms with Gasteiger partial charge in [-0.1, -0.05) is 61.5 Å². The Bertz CT molecular complexity index is 1420. The zero-order valence-corrected chi connectivity index (χ0v) is 25.9. The van der Waals surface area contributed by atoms with Gasteiger partial charge in [0.05, 0.1) is 0 Å². The number of anilines is 1. The molecule has 3 amide bonds. The summed E-state index contributed by atoms with van der Waals surface area (Å²) in [6.07, 6.45) is 1.79. The van der Waals surface area contributed by atoms with Crippen LogP contribution in [0.3, 0.4) is 0 Å². The van der Waals surface area contributed by atoms with Crippen molar-refractivity contribution in [2.24, 2.45) is 0 Å². The number of carbonyl (C=O) groups is 3. The third kappa shape index (κ3) is 8.37. The molecule has 228 valence electrons. The Labute approximate surface area is 254 Å². The summed E-state index contributed by atoms with van der Waals surface area (Å²) in [6.45, 7) is 11.2. The Morgan fingerprint density at radius 3 is 2.05 bits per heavy atom. The van der Waals surface area contributed by atoms with Crippen LogP contribution < -0.4 is 10.6 Å². The van der Waals surface area contributed by atoms with Crippen molar-refractivity contribution < 1.29 is 24.2 Å². The lowest BCUT2D eigenvalue weighted by molar-refractivity contribution is -0.141. The second-order valence-electron chi connectivity index (χ2n) is 12.3. The number of phenolic OH excluding ortho intramolecular Hbond substituents is 1. The van der Waals surface area contributed by atoms with Crippen molar-refractivity contribution in [3.05, 3.63) is 94.5 Å². The van der Waals surface area contributed by atoms with Crippen LogP contribution in [-0.4, -0.2) is 45.6 Å². The fourth-order valence-corrected chi connectivity index (χ4v) is 5.15. The molecule has 8 heteroatoms. The molecule has 2 atom stereocenters. The molecule has 1 aliphatic carbocycles. The van der Waals surface area contributed by atoms with Crippen LogP contribution in [0.2, 0.25) is 0 Å². The molecular weight excluding hydrogens is 542 g/mol. The Balaban J connectivity index is 1.74. The van der Waals surface area contributed by atoms with E-state index < -0.39 is 23.8 Å². The first-order chi connectivity index (χ1) is 20.4. The van der Waals surface area contributed by atoms with Gasteiger partial charge in [-0.25, -0.2) is 4.79 Å². The maximum Gasteiger partial charge on any atom is 0.408 e. The molecule has 3 aromatic carbocycles. The third-order valence-corrected chi connectivity index (χ3v) is 7.52. The second kappa shape index (κ2) is 13.3. The maximum atomic E-state index is 14.6. The van der Waals surface area contributed by atoms with Crippen molar-refractivity contribution in [2.45, 2.75) is 91.0 Å². The minimum Gasteiger partial charge on any atom is -0.508 e. The standard InChI is InChI=1S/C35H43N3O5/c1-7-24-11-15-26(16-12-24)31(32(40)37-30-22(2)9-8-10-23(30)3)38(27-17-18-27)33(41)29(36-34(42)43-35(4,5)6)21-25-13-19-28(39)20-14-25/h8-16,19-20,27,29,31,39H,7,17-18,21H2,1-6H3,(H,36,42)(H,37,40). The molecule has 1 fully saturated rings. The number of aromatic hydroxyl groups is 1. The molecule has 0 heterocycles. The van der Waals surface area contributed by atoms with E-state index in [4.69, 9.17) is 4.74 Å². The van der Waals surface area contributed by atoms with E-state index in [1.54, 1.807) is 49.9 Å². The number of hydrogen-bond donors (Lipinski definition) is 3. The van der Waals surface area contributed by atoms with Crippen LogP contribution in [0.4, 0.5) is 10.5 Å². The molecule has 0 bridgehead atoms. The van der Waals surface area contributed by atoms with Crippen molar-refractivity contribution in [3.63, 3.8) is 0 Å². The number of carbonyl (C=O) groups excluding carboxylic acids is 3. The summed E-state index contributed by atoms with van der Waals surface area (Å²) >= 11 is 0. The Morgan fingerprint density at radius 1 is 0.930 bits per heavy atom. The average molecular weight is 586 g/mol. The molecular formula is C35H43N3O5. The molecule has 0 aliphatic heterocycles. The van der Waals surface area contributed by atoms with Gasteiger partial charge in [0.25, 0.3) is 5.91 Å². The molecule has 2 unspecified atom stereocenters. The van der Waals surface area contributed by atoms with Gasteiger partial charge in [0.15, 0.2) is 0 Å². The van der Waals surface area contributed by atoms with Crippen LogP contribution in [0.1, 0.15) is 74.4 Å². The Morgan fingerprint density at radius 2 is 1.51 bits per heavy atom. The van der Waals surface area contributed by atoms with Gasteiger partial charge in [0.1, 0.15) is 23.4 Å². The molecule has 3 aromatic rings. The van der Waals surface area contributed by atoms with Gasteiger partial charge in [-0.15, -0.1) is 0 Å². The number of ether oxygens (including phenoxy) is 1. The Hall–Kier alpha value is -4.33. The summed E-state index contributed by atoms with van der Waals surface area (Å²) in [6, 6.07) is 18.0. The molecule has 0 radical (unpaired) electrons. The zero-order chi connectivity index (χ0) is 31.3. The van der Waals surface area contributed by atoms with E-state index in [2.05, 4.69) is 17.6 Å². The van der Waals surface area contributed by atoms with E-state index in [1.165, 1.54) is 0 Å². The average Bonchev–Trinajstić information content (AvgIpc) is 3.78. The van der Waals surface area contributed by atoms with E-state index in [0.717, 1.165) is 47.2 Å². The second-order valence-corrected chi connectivity index (χ2v) is 12.3. The highest BCUT2D eigenvalue weighted by molar-refractivity contribution is 6.00. The molecule has 0 saturated heterocycles. The summed E-state index contributed by atoms with van der Waals surface area (Å²) in [4.78, 5) is 43.4. The molecule has 3 N–H and O–H groups in total. The molecule has 1 aliphatic rings. The van der Waals surface area contributed by atoms with Crippen molar-refractivity contribution in [1.29, 1.82) is 0 Å². The van der Waals surface area contributed by atoms with E-state index in [-0.39, 0.29) is 30.0 Å². The van der Waals surface area contributed by atoms with E-state index in [0.29, 0.717) is 5.56 Å². The number of para-hydroxylation sites is 1. The van der Waals surface area contributed by atoms with Crippen LogP contribution in [-0.2, 0) is 27.2 Å². The van der Waals surface area contributed by atoms with Gasteiger partial charge in [-0.3, -0.25) is 9.59 Å². The van der Waals surface area contributed by atoms with Gasteiger partial charge in [-0.05, 0) is 93.8 Å². The van der Waals surface area contributed by atoms with Gasteiger partial charge in [0, 0.05) is 18.2 Å². The number of benzene rings is 3. The smallest absolute Gasteiger partial charge is 0.408 e. The molecule has 0 spiro atoms. The summed E-state index contributed by atoms with van der Waals surface area (Å²) in [5.74, 6) is -0.588. The van der Waals surface area contributed by atoms with Crippen LogP contribution in [0.15, 0.2) is 66.7 Å². The van der Waals surface area contributed by atoms with Crippen LogP contribution in [0.5, 0.6) is 5.75 Å². The highest BCUT2D eigenvalue weighted by Gasteiger charge is 2.44. The monoisotopic (exact) mass is 585 g/mol. The third-order valence-electron chi connectivity index (χ3n) is 7.52. The first-order valence-electron chi connectivity index (χ1n) is 14.9. The number of rotatable bonds is 10. The highest BCUT2D eigenvalue weighted by Crippen LogP contribution is 2.37. The lowest BCUT2D eigenvalue weighted by atomic mass is 9.98. The predicted octanol–water partition coefficient (Wildman–Crippen LogP) is 6.38. The van der Waals surface area contributed by atoms with Crippen molar-refractivity contribution in [3.8, 4) is 5.75 Å². The van der Waals surface area contributed by atoms with Crippen molar-refractivity contribution in [2.75, 3.05) is 5.32 Å². The molecule has 43 heavy (non-hydrogen) atoms. The summed E-state index contributed by atoms with van der Waals surface area (Å²) in [5.41, 5.74) is 4.37. The van der Waals surface area contributed by atoms with Crippen molar-refractivity contribution in [1.82, 2.24) is 10.2 Å². The number of aryl methyl sites for hydroxylation is 3. The number of alkyl carbamates (subject to hydrolysis) is 1. The molecule has 8 nitrogen and oxygen atoms in total. The van der Waals surface area contributed by atoms with Crippen LogP contribution in [0, 0.1) is 13.8 Å². The lowest BCUT2D eigenvalue weighted by Crippen LogP contribution is -2.54. The first-order valence-corrected chi connectivity index (χ1v) is 14.9. The maximum absolute atomic E-state index is 14.6. The predicted molar refractivity (Wildman–Crippen MR) is 168 cm³/mol. The zero-order valence-electron chi connectivity index (χ0n) is 25.9. The number of hydrogen-bond acceptors (Lipinski definition) is 5. The Kier molecular flexibility index (Phi) is 9.79. The number of nitrogens with one attached hydrogen (secondary N) is 2. The SMILES string of the molecule is CCc1ccc(C(C(=O)Nc2c(C)cccc2C)N(C(=O)C(Cc2ccc(O)cc2)NC(=O)OC(C)(C)C)C2CC2)cc1. The van der Waals surface area contributed by atoms with Gasteiger partial charge < -0.3 is 25.4 Å². The van der Waals surface area contributed by atoms with Gasteiger partial charge in [0.2, 0.25) is 5.91 Å². The van der Waals surface area contributed by atoms with Crippen molar-refractivity contribution >= 4 is 23.6 Å². The highest BCUT2D eigenvalue weighted by atomic mass is 16.6. The fraction of sp³-hybridized carbons (Fsp3) is 0.400. The normalized spacial score (nSPS) is 14.4. The molecule has 1 saturated carbocycles. The van der Waals surface area contributed by atoms with E-state index in [9.17, 15) is 19.5 Å². The fourth-order valence-electron chi connectivity index (χ4n) is 5.15. The van der Waals surface area contributed by atoms with E-state index >= 15 is 0 Å². The molecule has 0 aromatic heterocycles. The quantitative estimate of drug-likeness (QED) is 0.256. The minimum atomic E-state index is -1.01. The minimum absolute atomic E-state index is 0.102. The number of nitrogens with zero attached hydrogens (tertiary/aromatic N) is 1. The summed E-state index contributed by atoms with van der Waals surface area (Å²) in [5, 5.41) is 15.7. The van der Waals surface area contributed by atoms with E-state index in [1.807, 2.05) is 56.3 Å². The first kappa shape index (κ1) is 31.6. The topological polar surface area (TPSA) is 108 Å². The van der Waals surface area contributed by atoms with Gasteiger partial charge in [-0.2, -0.15) is 0 Å². The lowest BCUT2D eigenvalue weighted by Gasteiger charge is -2.35. The van der Waals surface area contributed by atoms with Gasteiger partial charge >= 0.3 is 6.09 Å². The largest absolute Gasteiger partial charge is 0.508 e. The number of phenols is 1.